The summed E-state index contributed by atoms with van der Waals surface area (Å²) in [7, 11) is 0. The lowest BCUT2D eigenvalue weighted by Gasteiger charge is -2.11. The second-order valence-electron chi connectivity index (χ2n) is 4.97. The van der Waals surface area contributed by atoms with E-state index in [4.69, 9.17) is 0 Å². The van der Waals surface area contributed by atoms with Crippen molar-refractivity contribution in [1.82, 2.24) is 9.78 Å². The number of hydrogen-bond acceptors (Lipinski definition) is 2. The third-order valence-corrected chi connectivity index (χ3v) is 3.42. The minimum atomic E-state index is 0.824. The van der Waals surface area contributed by atoms with Gasteiger partial charge in [0, 0.05) is 12.2 Å². The number of nitrogens with one attached hydrogen (secondary N) is 1. The maximum Gasteiger partial charge on any atom is 0.0625 e. The lowest BCUT2D eigenvalue weighted by atomic mass is 10.1. The van der Waals surface area contributed by atoms with Gasteiger partial charge in [-0.25, -0.2) is 0 Å². The van der Waals surface area contributed by atoms with Crippen molar-refractivity contribution >= 4 is 5.69 Å². The summed E-state index contributed by atoms with van der Waals surface area (Å²) in [5, 5.41) is 8.08. The SMILES string of the molecule is CCc1cc(CNc2ccc(C)cc2C)n(CC)n1. The molecular weight excluding hydrogens is 234 g/mol. The zero-order valence-electron chi connectivity index (χ0n) is 12.3. The van der Waals surface area contributed by atoms with Gasteiger partial charge >= 0.3 is 0 Å². The minimum absolute atomic E-state index is 0.824. The lowest BCUT2D eigenvalue weighted by molar-refractivity contribution is 0.619. The van der Waals surface area contributed by atoms with Crippen molar-refractivity contribution in [3.05, 3.63) is 46.8 Å². The molecule has 102 valence electrons. The summed E-state index contributed by atoms with van der Waals surface area (Å²) in [4.78, 5) is 0. The molecule has 0 radical (unpaired) electrons. The average Bonchev–Trinajstić information content (AvgIpc) is 2.80. The molecule has 0 saturated carbocycles. The zero-order valence-corrected chi connectivity index (χ0v) is 12.3. The number of nitrogens with zero attached hydrogens (tertiary/aromatic N) is 2. The van der Waals surface area contributed by atoms with Gasteiger partial charge in [0.15, 0.2) is 0 Å². The quantitative estimate of drug-likeness (QED) is 0.885. The molecule has 0 fully saturated rings. The highest BCUT2D eigenvalue weighted by Crippen LogP contribution is 2.17. The third-order valence-electron chi connectivity index (χ3n) is 3.42. The molecule has 0 atom stereocenters. The normalized spacial score (nSPS) is 10.7. The van der Waals surface area contributed by atoms with Crippen molar-refractivity contribution < 1.29 is 0 Å². The summed E-state index contributed by atoms with van der Waals surface area (Å²) in [5.41, 5.74) is 6.21. The van der Waals surface area contributed by atoms with E-state index >= 15 is 0 Å². The highest BCUT2D eigenvalue weighted by atomic mass is 15.3. The molecule has 0 saturated heterocycles. The van der Waals surface area contributed by atoms with Gasteiger partial charge in [0.2, 0.25) is 0 Å². The molecule has 0 spiro atoms. The van der Waals surface area contributed by atoms with Crippen LogP contribution in [0, 0.1) is 13.8 Å². The monoisotopic (exact) mass is 257 g/mol. The molecule has 0 bridgehead atoms. The van der Waals surface area contributed by atoms with E-state index in [-0.39, 0.29) is 0 Å². The first-order chi connectivity index (χ1) is 9.13. The predicted octanol–water partition coefficient (Wildman–Crippen LogP) is 3.69. The second kappa shape index (κ2) is 5.91. The van der Waals surface area contributed by atoms with E-state index in [1.165, 1.54) is 28.2 Å². The lowest BCUT2D eigenvalue weighted by Crippen LogP contribution is -2.08. The van der Waals surface area contributed by atoms with Crippen LogP contribution in [0.4, 0.5) is 5.69 Å². The van der Waals surface area contributed by atoms with Gasteiger partial charge in [0.1, 0.15) is 0 Å². The molecule has 0 amide bonds. The Morgan fingerprint density at radius 1 is 1.16 bits per heavy atom. The Hall–Kier alpha value is -1.77. The molecular formula is C16H23N3. The molecule has 3 nitrogen and oxygen atoms in total. The van der Waals surface area contributed by atoms with Crippen molar-refractivity contribution in [1.29, 1.82) is 0 Å². The first kappa shape index (κ1) is 13.7. The van der Waals surface area contributed by atoms with Crippen LogP contribution < -0.4 is 5.32 Å². The van der Waals surface area contributed by atoms with E-state index in [2.05, 4.69) is 67.1 Å². The fraction of sp³-hybridized carbons (Fsp3) is 0.438. The molecule has 2 aromatic rings. The van der Waals surface area contributed by atoms with Crippen molar-refractivity contribution in [3.8, 4) is 0 Å². The van der Waals surface area contributed by atoms with Crippen LogP contribution in [0.5, 0.6) is 0 Å². The Morgan fingerprint density at radius 2 is 1.95 bits per heavy atom. The fourth-order valence-corrected chi connectivity index (χ4v) is 2.30. The number of hydrogen-bond donors (Lipinski definition) is 1. The summed E-state index contributed by atoms with van der Waals surface area (Å²) in [6, 6.07) is 8.69. The topological polar surface area (TPSA) is 29.9 Å². The van der Waals surface area contributed by atoms with Crippen LogP contribution >= 0.6 is 0 Å². The molecule has 0 aliphatic carbocycles. The van der Waals surface area contributed by atoms with Crippen molar-refractivity contribution in [2.75, 3.05) is 5.32 Å². The van der Waals surface area contributed by atoms with Gasteiger partial charge in [-0.15, -0.1) is 0 Å². The van der Waals surface area contributed by atoms with Crippen LogP contribution in [-0.2, 0) is 19.5 Å². The van der Waals surface area contributed by atoms with Crippen LogP contribution in [0.1, 0.15) is 36.4 Å². The fourth-order valence-electron chi connectivity index (χ4n) is 2.30. The van der Waals surface area contributed by atoms with Gasteiger partial charge in [-0.2, -0.15) is 5.10 Å². The van der Waals surface area contributed by atoms with Gasteiger partial charge in [-0.3, -0.25) is 4.68 Å². The van der Waals surface area contributed by atoms with Crippen LogP contribution in [-0.4, -0.2) is 9.78 Å². The van der Waals surface area contributed by atoms with Gasteiger partial charge in [0.25, 0.3) is 0 Å². The Morgan fingerprint density at radius 3 is 2.58 bits per heavy atom. The number of benzene rings is 1. The molecule has 0 aliphatic heterocycles. The molecule has 1 N–H and O–H groups in total. The highest BCUT2D eigenvalue weighted by Gasteiger charge is 2.06. The molecule has 0 aliphatic rings. The number of rotatable bonds is 5. The molecule has 0 unspecified atom stereocenters. The summed E-state index contributed by atoms with van der Waals surface area (Å²) in [6.45, 7) is 10.3. The Kier molecular flexibility index (Phi) is 4.25. The average molecular weight is 257 g/mol. The number of anilines is 1. The largest absolute Gasteiger partial charge is 0.379 e. The summed E-state index contributed by atoms with van der Waals surface area (Å²) >= 11 is 0. The first-order valence-electron chi connectivity index (χ1n) is 7.00. The summed E-state index contributed by atoms with van der Waals surface area (Å²) in [5.74, 6) is 0. The van der Waals surface area contributed by atoms with Gasteiger partial charge < -0.3 is 5.32 Å². The van der Waals surface area contributed by atoms with Gasteiger partial charge in [-0.1, -0.05) is 24.6 Å². The number of aryl methyl sites for hydroxylation is 4. The van der Waals surface area contributed by atoms with Gasteiger partial charge in [0.05, 0.1) is 17.9 Å². The Labute approximate surface area is 115 Å². The smallest absolute Gasteiger partial charge is 0.0625 e. The Bertz CT molecular complexity index is 555. The van der Waals surface area contributed by atoms with Crippen molar-refractivity contribution in [2.24, 2.45) is 0 Å². The molecule has 1 heterocycles. The maximum absolute atomic E-state index is 4.57. The van der Waals surface area contributed by atoms with Crippen LogP contribution in [0.15, 0.2) is 24.3 Å². The molecule has 19 heavy (non-hydrogen) atoms. The molecule has 1 aromatic heterocycles. The van der Waals surface area contributed by atoms with E-state index in [0.717, 1.165) is 19.5 Å². The van der Waals surface area contributed by atoms with E-state index in [0.29, 0.717) is 0 Å². The van der Waals surface area contributed by atoms with Crippen LogP contribution in [0.2, 0.25) is 0 Å². The minimum Gasteiger partial charge on any atom is -0.379 e. The first-order valence-corrected chi connectivity index (χ1v) is 7.00. The third kappa shape index (κ3) is 3.16. The van der Waals surface area contributed by atoms with E-state index in [9.17, 15) is 0 Å². The molecule has 3 heteroatoms. The van der Waals surface area contributed by atoms with Crippen molar-refractivity contribution in [3.63, 3.8) is 0 Å². The van der Waals surface area contributed by atoms with Crippen LogP contribution in [0.25, 0.3) is 0 Å². The van der Waals surface area contributed by atoms with E-state index in [1.54, 1.807) is 0 Å². The van der Waals surface area contributed by atoms with Gasteiger partial charge in [-0.05, 0) is 44.9 Å². The second-order valence-corrected chi connectivity index (χ2v) is 4.97. The highest BCUT2D eigenvalue weighted by molar-refractivity contribution is 5.52. The standard InChI is InChI=1S/C16H23N3/c1-5-14-10-15(19(6-2)18-14)11-17-16-8-7-12(3)9-13(16)4/h7-10,17H,5-6,11H2,1-4H3. The number of aromatic nitrogens is 2. The zero-order chi connectivity index (χ0) is 13.8. The molecule has 2 rings (SSSR count). The maximum atomic E-state index is 4.57. The molecule has 1 aromatic carbocycles. The Balaban J connectivity index is 2.11. The van der Waals surface area contributed by atoms with E-state index in [1.807, 2.05) is 0 Å². The van der Waals surface area contributed by atoms with E-state index < -0.39 is 0 Å². The summed E-state index contributed by atoms with van der Waals surface area (Å²) in [6.07, 6.45) is 0.990. The van der Waals surface area contributed by atoms with Crippen LogP contribution in [0.3, 0.4) is 0 Å². The van der Waals surface area contributed by atoms with Crippen molar-refractivity contribution in [2.45, 2.75) is 47.2 Å². The summed E-state index contributed by atoms with van der Waals surface area (Å²) < 4.78 is 2.08. The predicted molar refractivity (Wildman–Crippen MR) is 80.5 cm³/mol.